The highest BCUT2D eigenvalue weighted by molar-refractivity contribution is 5.88. The lowest BCUT2D eigenvalue weighted by Crippen LogP contribution is -2.56. The highest BCUT2D eigenvalue weighted by Gasteiger charge is 2.78. The fraction of sp³-hybridized carbons (Fsp3) is 0.941. The molecular weight excluding hydrogens is 250 g/mol. The van der Waals surface area contributed by atoms with Crippen LogP contribution in [0.3, 0.4) is 0 Å². The maximum atomic E-state index is 13.3. The number of likely N-dealkylation sites (tertiary alicyclic amines) is 1. The lowest BCUT2D eigenvalue weighted by Gasteiger charge is -2.42. The molecule has 2 aliphatic heterocycles. The van der Waals surface area contributed by atoms with Crippen molar-refractivity contribution in [3.63, 3.8) is 0 Å². The monoisotopic (exact) mass is 277 g/mol. The minimum atomic E-state index is -0.477. The summed E-state index contributed by atoms with van der Waals surface area (Å²) in [5, 5.41) is 0. The van der Waals surface area contributed by atoms with Crippen molar-refractivity contribution in [2.24, 2.45) is 16.7 Å². The first kappa shape index (κ1) is 13.1. The van der Waals surface area contributed by atoms with Gasteiger partial charge in [0.05, 0.1) is 6.61 Å². The average molecular weight is 277 g/mol. The van der Waals surface area contributed by atoms with E-state index < -0.39 is 5.60 Å². The Morgan fingerprint density at radius 2 is 1.85 bits per heavy atom. The Hall–Kier alpha value is -0.570. The van der Waals surface area contributed by atoms with Gasteiger partial charge in [-0.15, -0.1) is 0 Å². The molecule has 2 heterocycles. The SMILES string of the molecule is C[C@@]12CC[C@H]3C[C@]1(C(=O)N1CCCCCC1)OC[C@@]32C. The fourth-order valence-corrected chi connectivity index (χ4v) is 5.76. The van der Waals surface area contributed by atoms with Crippen molar-refractivity contribution < 1.29 is 9.53 Å². The van der Waals surface area contributed by atoms with E-state index in [1.165, 1.54) is 38.5 Å². The number of amides is 1. The van der Waals surface area contributed by atoms with E-state index in [0.717, 1.165) is 26.1 Å². The summed E-state index contributed by atoms with van der Waals surface area (Å²) in [6.07, 6.45) is 8.33. The minimum Gasteiger partial charge on any atom is -0.364 e. The van der Waals surface area contributed by atoms with Crippen LogP contribution in [0.1, 0.15) is 58.8 Å². The normalized spacial score (nSPS) is 50.5. The van der Waals surface area contributed by atoms with Gasteiger partial charge in [0.25, 0.3) is 5.91 Å². The van der Waals surface area contributed by atoms with E-state index in [0.29, 0.717) is 11.8 Å². The van der Waals surface area contributed by atoms with Crippen LogP contribution in [0.15, 0.2) is 0 Å². The van der Waals surface area contributed by atoms with E-state index in [-0.39, 0.29) is 10.8 Å². The third kappa shape index (κ3) is 1.29. The zero-order chi connectivity index (χ0) is 14.0. The van der Waals surface area contributed by atoms with E-state index in [4.69, 9.17) is 4.74 Å². The Kier molecular flexibility index (Phi) is 2.62. The number of hydrogen-bond donors (Lipinski definition) is 0. The molecule has 2 saturated carbocycles. The second-order valence-electron chi connectivity index (χ2n) is 8.01. The summed E-state index contributed by atoms with van der Waals surface area (Å²) in [4.78, 5) is 15.4. The lowest BCUT2D eigenvalue weighted by molar-refractivity contribution is -0.167. The molecule has 4 aliphatic rings. The molecule has 4 atom stereocenters. The molecular formula is C17H27NO2. The predicted molar refractivity (Wildman–Crippen MR) is 77.3 cm³/mol. The van der Waals surface area contributed by atoms with Crippen LogP contribution in [-0.2, 0) is 9.53 Å². The van der Waals surface area contributed by atoms with Gasteiger partial charge in [0.15, 0.2) is 5.60 Å². The van der Waals surface area contributed by atoms with Crippen molar-refractivity contribution in [3.05, 3.63) is 0 Å². The summed E-state index contributed by atoms with van der Waals surface area (Å²) < 4.78 is 6.24. The van der Waals surface area contributed by atoms with Gasteiger partial charge in [-0.3, -0.25) is 4.79 Å². The van der Waals surface area contributed by atoms with Crippen molar-refractivity contribution in [2.45, 2.75) is 64.4 Å². The zero-order valence-corrected chi connectivity index (χ0v) is 12.9. The molecule has 0 N–H and O–H groups in total. The first-order valence-electron chi connectivity index (χ1n) is 8.47. The quantitative estimate of drug-likeness (QED) is 0.737. The summed E-state index contributed by atoms with van der Waals surface area (Å²) in [6, 6.07) is 0. The van der Waals surface area contributed by atoms with Crippen molar-refractivity contribution in [3.8, 4) is 0 Å². The van der Waals surface area contributed by atoms with E-state index in [1.807, 2.05) is 0 Å². The second kappa shape index (κ2) is 4.00. The number of hydrogen-bond acceptors (Lipinski definition) is 2. The van der Waals surface area contributed by atoms with Crippen LogP contribution < -0.4 is 0 Å². The number of nitrogens with zero attached hydrogens (tertiary/aromatic N) is 1. The molecule has 3 heteroatoms. The minimum absolute atomic E-state index is 0.0774. The van der Waals surface area contributed by atoms with Crippen LogP contribution in [0.5, 0.6) is 0 Å². The van der Waals surface area contributed by atoms with Crippen molar-refractivity contribution >= 4 is 5.91 Å². The molecule has 0 aromatic heterocycles. The first-order valence-corrected chi connectivity index (χ1v) is 8.47. The van der Waals surface area contributed by atoms with Gasteiger partial charge in [-0.25, -0.2) is 0 Å². The van der Waals surface area contributed by atoms with Crippen LogP contribution in [0.2, 0.25) is 0 Å². The number of carbonyl (C=O) groups excluding carboxylic acids is 1. The molecule has 4 fully saturated rings. The van der Waals surface area contributed by atoms with Crippen LogP contribution in [-0.4, -0.2) is 36.1 Å². The second-order valence-corrected chi connectivity index (χ2v) is 8.01. The molecule has 3 nitrogen and oxygen atoms in total. The Morgan fingerprint density at radius 3 is 2.45 bits per heavy atom. The van der Waals surface area contributed by atoms with Crippen molar-refractivity contribution in [2.75, 3.05) is 19.7 Å². The Bertz CT molecular complexity index is 442. The van der Waals surface area contributed by atoms with Crippen LogP contribution in [0.25, 0.3) is 0 Å². The zero-order valence-electron chi connectivity index (χ0n) is 12.9. The largest absolute Gasteiger partial charge is 0.364 e. The predicted octanol–water partition coefficient (Wildman–Crippen LogP) is 2.98. The maximum absolute atomic E-state index is 13.3. The Balaban J connectivity index is 1.66. The topological polar surface area (TPSA) is 29.5 Å². The molecule has 4 rings (SSSR count). The first-order chi connectivity index (χ1) is 9.54. The van der Waals surface area contributed by atoms with Gasteiger partial charge in [0, 0.05) is 23.9 Å². The molecule has 2 saturated heterocycles. The summed E-state index contributed by atoms with van der Waals surface area (Å²) in [5.41, 5.74) is -0.155. The van der Waals surface area contributed by atoms with E-state index in [9.17, 15) is 4.79 Å². The van der Waals surface area contributed by atoms with Gasteiger partial charge >= 0.3 is 0 Å². The molecule has 4 bridgehead atoms. The summed E-state index contributed by atoms with van der Waals surface area (Å²) in [7, 11) is 0. The molecule has 0 spiro atoms. The smallest absolute Gasteiger partial charge is 0.255 e. The van der Waals surface area contributed by atoms with Crippen LogP contribution in [0, 0.1) is 16.7 Å². The summed E-state index contributed by atoms with van der Waals surface area (Å²) in [5.74, 6) is 1.03. The standard InChI is InChI=1S/C17H27NO2/c1-15-12-20-17(11-13(15)7-8-16(15,17)2)14(19)18-9-5-3-4-6-10-18/h13H,3-12H2,1-2H3/t13-,15-,16-,17+/m0/s1. The van der Waals surface area contributed by atoms with Gasteiger partial charge in [0.2, 0.25) is 0 Å². The van der Waals surface area contributed by atoms with E-state index in [1.54, 1.807) is 0 Å². The molecule has 1 amide bonds. The molecule has 112 valence electrons. The molecule has 2 aliphatic carbocycles. The highest BCUT2D eigenvalue weighted by Crippen LogP contribution is 2.75. The molecule has 0 radical (unpaired) electrons. The number of ether oxygens (including phenoxy) is 1. The van der Waals surface area contributed by atoms with Crippen molar-refractivity contribution in [1.29, 1.82) is 0 Å². The Morgan fingerprint density at radius 1 is 1.15 bits per heavy atom. The average Bonchev–Trinajstić information content (AvgIpc) is 2.79. The van der Waals surface area contributed by atoms with Gasteiger partial charge < -0.3 is 9.64 Å². The summed E-state index contributed by atoms with van der Waals surface area (Å²) in [6.45, 7) is 7.40. The van der Waals surface area contributed by atoms with Gasteiger partial charge in [-0.2, -0.15) is 0 Å². The van der Waals surface area contributed by atoms with Gasteiger partial charge in [-0.05, 0) is 38.0 Å². The van der Waals surface area contributed by atoms with E-state index >= 15 is 0 Å². The highest BCUT2D eigenvalue weighted by atomic mass is 16.5. The molecule has 0 aromatic carbocycles. The molecule has 0 aromatic rings. The maximum Gasteiger partial charge on any atom is 0.255 e. The van der Waals surface area contributed by atoms with E-state index in [2.05, 4.69) is 18.7 Å². The number of carbonyl (C=O) groups is 1. The van der Waals surface area contributed by atoms with Crippen LogP contribution >= 0.6 is 0 Å². The lowest BCUT2D eigenvalue weighted by atomic mass is 9.66. The summed E-state index contributed by atoms with van der Waals surface area (Å²) >= 11 is 0. The third-order valence-corrected chi connectivity index (χ3v) is 7.44. The Labute approximate surface area is 122 Å². The van der Waals surface area contributed by atoms with Gasteiger partial charge in [0.1, 0.15) is 0 Å². The van der Waals surface area contributed by atoms with Gasteiger partial charge in [-0.1, -0.05) is 26.7 Å². The molecule has 20 heavy (non-hydrogen) atoms. The molecule has 0 unspecified atom stereocenters. The third-order valence-electron chi connectivity index (χ3n) is 7.44. The van der Waals surface area contributed by atoms with Crippen LogP contribution in [0.4, 0.5) is 0 Å². The van der Waals surface area contributed by atoms with Crippen molar-refractivity contribution in [1.82, 2.24) is 4.90 Å². The number of rotatable bonds is 1. The fourth-order valence-electron chi connectivity index (χ4n) is 5.76.